The van der Waals surface area contributed by atoms with Gasteiger partial charge in [-0.05, 0) is 18.8 Å². The van der Waals surface area contributed by atoms with Crippen molar-refractivity contribution in [3.63, 3.8) is 0 Å². The Labute approximate surface area is 127 Å². The highest BCUT2D eigenvalue weighted by Gasteiger charge is 2.42. The molecule has 0 bridgehead atoms. The number of carbonyl (C=O) groups is 3. The molecule has 2 unspecified atom stereocenters. The van der Waals surface area contributed by atoms with Crippen LogP contribution in [0.2, 0.25) is 0 Å². The maximum atomic E-state index is 12.6. The number of carbonyl (C=O) groups excluding carboxylic acids is 2. The molecule has 2 atom stereocenters. The van der Waals surface area contributed by atoms with Crippen LogP contribution in [0, 0.1) is 11.8 Å². The van der Waals surface area contributed by atoms with E-state index in [0.29, 0.717) is 24.8 Å². The first-order valence-corrected chi connectivity index (χ1v) is 8.60. The molecular formula is C14H20N2O4S. The molecule has 3 rings (SSSR count). The monoisotopic (exact) mass is 312 g/mol. The third kappa shape index (κ3) is 3.17. The quantitative estimate of drug-likeness (QED) is 0.806. The van der Waals surface area contributed by atoms with Crippen molar-refractivity contribution in [3.8, 4) is 0 Å². The van der Waals surface area contributed by atoms with Gasteiger partial charge in [-0.15, -0.1) is 0 Å². The van der Waals surface area contributed by atoms with Gasteiger partial charge in [-0.2, -0.15) is 11.8 Å². The summed E-state index contributed by atoms with van der Waals surface area (Å²) in [5.41, 5.74) is 0. The molecule has 3 aliphatic rings. The third-order valence-corrected chi connectivity index (χ3v) is 5.46. The van der Waals surface area contributed by atoms with Crippen molar-refractivity contribution in [3.05, 3.63) is 0 Å². The van der Waals surface area contributed by atoms with Crippen LogP contribution in [0.4, 0.5) is 0 Å². The average molecular weight is 312 g/mol. The van der Waals surface area contributed by atoms with Crippen molar-refractivity contribution in [1.29, 1.82) is 0 Å². The molecule has 0 spiro atoms. The van der Waals surface area contributed by atoms with Crippen LogP contribution in [0.15, 0.2) is 0 Å². The van der Waals surface area contributed by atoms with E-state index in [1.165, 1.54) is 17.7 Å². The van der Waals surface area contributed by atoms with E-state index in [1.54, 1.807) is 16.7 Å². The Morgan fingerprint density at radius 2 is 2.10 bits per heavy atom. The second kappa shape index (κ2) is 5.87. The van der Waals surface area contributed by atoms with E-state index in [0.717, 1.165) is 12.3 Å². The van der Waals surface area contributed by atoms with Gasteiger partial charge in [0.1, 0.15) is 6.04 Å². The lowest BCUT2D eigenvalue weighted by Gasteiger charge is -2.34. The predicted molar refractivity (Wildman–Crippen MR) is 77.9 cm³/mol. The zero-order chi connectivity index (χ0) is 15.0. The number of carboxylic acid groups (broad SMARTS) is 1. The summed E-state index contributed by atoms with van der Waals surface area (Å²) in [7, 11) is 0. The summed E-state index contributed by atoms with van der Waals surface area (Å²) in [4.78, 5) is 39.1. The van der Waals surface area contributed by atoms with E-state index < -0.39 is 12.0 Å². The molecule has 0 radical (unpaired) electrons. The number of carboxylic acids is 1. The van der Waals surface area contributed by atoms with Gasteiger partial charge in [0.2, 0.25) is 11.8 Å². The van der Waals surface area contributed by atoms with Crippen molar-refractivity contribution in [1.82, 2.24) is 9.80 Å². The maximum absolute atomic E-state index is 12.6. The molecule has 2 amide bonds. The lowest BCUT2D eigenvalue weighted by molar-refractivity contribution is -0.150. The second-order valence-corrected chi connectivity index (χ2v) is 7.25. The fourth-order valence-corrected chi connectivity index (χ4v) is 4.07. The van der Waals surface area contributed by atoms with Crippen LogP contribution in [0.3, 0.4) is 0 Å². The van der Waals surface area contributed by atoms with Crippen molar-refractivity contribution in [2.45, 2.75) is 25.3 Å². The fourth-order valence-electron chi connectivity index (χ4n) is 3.03. The highest BCUT2D eigenvalue weighted by atomic mass is 32.2. The van der Waals surface area contributed by atoms with Gasteiger partial charge in [-0.1, -0.05) is 0 Å². The second-order valence-electron chi connectivity index (χ2n) is 6.10. The number of aliphatic carboxylic acids is 1. The number of rotatable bonds is 4. The molecule has 21 heavy (non-hydrogen) atoms. The standard InChI is InChI=1S/C14H20N2O4S/c17-12-5-10(7-15(12)6-9-1-2-9)13(18)16-3-4-21-8-11(16)14(19)20/h9-11H,1-8H2,(H,19,20). The van der Waals surface area contributed by atoms with Crippen molar-refractivity contribution in [2.24, 2.45) is 11.8 Å². The molecule has 2 heterocycles. The Bertz CT molecular complexity index is 466. The molecule has 6 nitrogen and oxygen atoms in total. The minimum absolute atomic E-state index is 0.0403. The highest BCUT2D eigenvalue weighted by Crippen LogP contribution is 2.32. The van der Waals surface area contributed by atoms with Crippen LogP contribution in [0.5, 0.6) is 0 Å². The van der Waals surface area contributed by atoms with E-state index in [4.69, 9.17) is 0 Å². The summed E-state index contributed by atoms with van der Waals surface area (Å²) >= 11 is 1.56. The lowest BCUT2D eigenvalue weighted by Crippen LogP contribution is -2.52. The summed E-state index contributed by atoms with van der Waals surface area (Å²) < 4.78 is 0. The molecule has 7 heteroatoms. The molecule has 2 aliphatic heterocycles. The molecule has 1 N–H and O–H groups in total. The zero-order valence-electron chi connectivity index (χ0n) is 11.9. The SMILES string of the molecule is O=C(O)C1CSCCN1C(=O)C1CC(=O)N(CC2CC2)C1. The van der Waals surface area contributed by atoms with E-state index in [1.807, 2.05) is 0 Å². The Morgan fingerprint density at radius 3 is 2.76 bits per heavy atom. The van der Waals surface area contributed by atoms with E-state index in [9.17, 15) is 19.5 Å². The van der Waals surface area contributed by atoms with Gasteiger partial charge in [-0.25, -0.2) is 4.79 Å². The van der Waals surface area contributed by atoms with Crippen molar-refractivity contribution in [2.75, 3.05) is 31.1 Å². The van der Waals surface area contributed by atoms with Gasteiger partial charge in [0, 0.05) is 37.6 Å². The molecule has 1 saturated carbocycles. The Morgan fingerprint density at radius 1 is 1.33 bits per heavy atom. The minimum Gasteiger partial charge on any atom is -0.480 e. The van der Waals surface area contributed by atoms with Gasteiger partial charge in [0.25, 0.3) is 0 Å². The minimum atomic E-state index is -0.949. The first kappa shape index (κ1) is 14.7. The summed E-state index contributed by atoms with van der Waals surface area (Å²) in [6, 6.07) is -0.746. The first-order chi connectivity index (χ1) is 10.1. The largest absolute Gasteiger partial charge is 0.480 e. The number of amides is 2. The lowest BCUT2D eigenvalue weighted by atomic mass is 10.1. The van der Waals surface area contributed by atoms with Gasteiger partial charge < -0.3 is 14.9 Å². The van der Waals surface area contributed by atoms with Crippen LogP contribution in [0.25, 0.3) is 0 Å². The Kier molecular flexibility index (Phi) is 4.10. The van der Waals surface area contributed by atoms with Crippen LogP contribution in [-0.4, -0.2) is 69.9 Å². The van der Waals surface area contributed by atoms with Gasteiger partial charge in [-0.3, -0.25) is 9.59 Å². The topological polar surface area (TPSA) is 77.9 Å². The van der Waals surface area contributed by atoms with E-state index >= 15 is 0 Å². The zero-order valence-corrected chi connectivity index (χ0v) is 12.7. The molecule has 0 aromatic carbocycles. The van der Waals surface area contributed by atoms with Gasteiger partial charge in [0.05, 0.1) is 5.92 Å². The molecule has 2 saturated heterocycles. The summed E-state index contributed by atoms with van der Waals surface area (Å²) in [6.07, 6.45) is 2.58. The Balaban J connectivity index is 1.64. The number of hydrogen-bond donors (Lipinski definition) is 1. The molecule has 0 aromatic heterocycles. The van der Waals surface area contributed by atoms with Crippen molar-refractivity contribution >= 4 is 29.5 Å². The number of likely N-dealkylation sites (tertiary alicyclic amines) is 1. The fraction of sp³-hybridized carbons (Fsp3) is 0.786. The summed E-state index contributed by atoms with van der Waals surface area (Å²) in [5.74, 6) is 0.389. The van der Waals surface area contributed by atoms with Crippen molar-refractivity contribution < 1.29 is 19.5 Å². The maximum Gasteiger partial charge on any atom is 0.327 e. The molecule has 116 valence electrons. The Hall–Kier alpha value is -1.24. The summed E-state index contributed by atoms with van der Waals surface area (Å²) in [6.45, 7) is 1.69. The summed E-state index contributed by atoms with van der Waals surface area (Å²) in [5, 5.41) is 9.25. The van der Waals surface area contributed by atoms with Crippen LogP contribution in [0.1, 0.15) is 19.3 Å². The molecule has 1 aliphatic carbocycles. The van der Waals surface area contributed by atoms with E-state index in [2.05, 4.69) is 0 Å². The van der Waals surface area contributed by atoms with E-state index in [-0.39, 0.29) is 24.2 Å². The van der Waals surface area contributed by atoms with Crippen LogP contribution in [-0.2, 0) is 14.4 Å². The predicted octanol–water partition coefficient (Wildman–Crippen LogP) is 0.273. The number of hydrogen-bond acceptors (Lipinski definition) is 4. The van der Waals surface area contributed by atoms with Crippen LogP contribution < -0.4 is 0 Å². The number of thioether (sulfide) groups is 1. The smallest absolute Gasteiger partial charge is 0.327 e. The normalized spacial score (nSPS) is 29.8. The molecule has 3 fully saturated rings. The molecular weight excluding hydrogens is 292 g/mol. The van der Waals surface area contributed by atoms with Gasteiger partial charge >= 0.3 is 5.97 Å². The average Bonchev–Trinajstić information content (AvgIpc) is 3.21. The van der Waals surface area contributed by atoms with Gasteiger partial charge in [0.15, 0.2) is 0 Å². The third-order valence-electron chi connectivity index (χ3n) is 4.44. The van der Waals surface area contributed by atoms with Crippen LogP contribution >= 0.6 is 11.8 Å². The number of nitrogens with zero attached hydrogens (tertiary/aromatic N) is 2. The first-order valence-electron chi connectivity index (χ1n) is 7.45. The molecule has 0 aromatic rings. The highest BCUT2D eigenvalue weighted by molar-refractivity contribution is 7.99.